The maximum Gasteiger partial charge on any atom is 0.337 e. The van der Waals surface area contributed by atoms with Gasteiger partial charge in [-0.1, -0.05) is 108 Å². The summed E-state index contributed by atoms with van der Waals surface area (Å²) in [6, 6.07) is 18.8. The predicted octanol–water partition coefficient (Wildman–Crippen LogP) is 8.99. The van der Waals surface area contributed by atoms with Crippen molar-refractivity contribution in [3.05, 3.63) is 89.0 Å². The summed E-state index contributed by atoms with van der Waals surface area (Å²) in [6.45, 7) is 7.45. The molecule has 3 aromatic rings. The molecule has 0 bridgehead atoms. The molecule has 0 unspecified atom stereocenters. The third kappa shape index (κ3) is 12.7. The zero-order valence-corrected chi connectivity index (χ0v) is 29.4. The van der Waals surface area contributed by atoms with E-state index in [1.807, 2.05) is 25.1 Å². The Morgan fingerprint density at radius 3 is 1.74 bits per heavy atom. The Bertz CT molecular complexity index is 1500. The van der Waals surface area contributed by atoms with Crippen molar-refractivity contribution >= 4 is 21.7 Å². The highest BCUT2D eigenvalue weighted by Crippen LogP contribution is 2.31. The first-order valence-corrected chi connectivity index (χ1v) is 18.5. The van der Waals surface area contributed by atoms with Crippen LogP contribution in [0.2, 0.25) is 0 Å². The molecule has 0 aliphatic carbocycles. The van der Waals surface area contributed by atoms with Gasteiger partial charge in [-0.15, -0.1) is 0 Å². The first-order chi connectivity index (χ1) is 22.8. The van der Waals surface area contributed by atoms with Crippen molar-refractivity contribution in [1.82, 2.24) is 4.83 Å². The van der Waals surface area contributed by atoms with Gasteiger partial charge in [0.2, 0.25) is 0 Å². The fourth-order valence-corrected chi connectivity index (χ4v) is 5.88. The molecule has 0 amide bonds. The summed E-state index contributed by atoms with van der Waals surface area (Å²) in [6.07, 6.45) is 13.9. The lowest BCUT2D eigenvalue weighted by Gasteiger charge is -2.16. The van der Waals surface area contributed by atoms with E-state index < -0.39 is 16.0 Å². The van der Waals surface area contributed by atoms with E-state index in [1.54, 1.807) is 48.5 Å². The smallest absolute Gasteiger partial charge is 0.337 e. The van der Waals surface area contributed by atoms with E-state index in [0.29, 0.717) is 47.1 Å². The average Bonchev–Trinajstić information content (AvgIpc) is 3.08. The number of ether oxygens (including phenoxy) is 3. The molecule has 0 fully saturated rings. The van der Waals surface area contributed by atoms with Crippen LogP contribution in [0.5, 0.6) is 11.5 Å². The number of hydrogen-bond acceptors (Lipinski definition) is 7. The van der Waals surface area contributed by atoms with Gasteiger partial charge in [-0.05, 0) is 62.2 Å². The number of esters is 1. The number of rotatable bonds is 22. The fourth-order valence-electron chi connectivity index (χ4n) is 5.07. The topological polar surface area (TPSA) is 103 Å². The Labute approximate surface area is 282 Å². The Morgan fingerprint density at radius 1 is 0.660 bits per heavy atom. The number of carbonyl (C=O) groups is 1. The van der Waals surface area contributed by atoms with E-state index >= 15 is 0 Å². The van der Waals surface area contributed by atoms with Gasteiger partial charge >= 0.3 is 5.97 Å². The second-order valence-corrected chi connectivity index (χ2v) is 13.5. The highest BCUT2D eigenvalue weighted by molar-refractivity contribution is 7.89. The van der Waals surface area contributed by atoms with E-state index in [2.05, 4.69) is 23.8 Å². The Morgan fingerprint density at radius 2 is 1.17 bits per heavy atom. The molecular weight excluding hydrogens is 612 g/mol. The van der Waals surface area contributed by atoms with Gasteiger partial charge < -0.3 is 14.2 Å². The van der Waals surface area contributed by atoms with Crippen LogP contribution in [-0.2, 0) is 14.8 Å². The number of aryl methyl sites for hydroxylation is 1. The maximum atomic E-state index is 13.2. The molecule has 0 aliphatic heterocycles. The van der Waals surface area contributed by atoms with Gasteiger partial charge in [0.05, 0.1) is 36.5 Å². The Balaban J connectivity index is 1.91. The molecule has 9 heteroatoms. The van der Waals surface area contributed by atoms with Crippen molar-refractivity contribution in [3.8, 4) is 11.5 Å². The van der Waals surface area contributed by atoms with E-state index in [0.717, 1.165) is 31.2 Å². The van der Waals surface area contributed by atoms with Crippen LogP contribution >= 0.6 is 0 Å². The lowest BCUT2D eigenvalue weighted by atomic mass is 10.0. The maximum absolute atomic E-state index is 13.2. The molecule has 0 heterocycles. The van der Waals surface area contributed by atoms with Gasteiger partial charge in [0.25, 0.3) is 10.0 Å². The van der Waals surface area contributed by atoms with E-state index in [1.165, 1.54) is 58.5 Å². The molecular formula is C38H52N2O6S. The molecule has 0 atom stereocenters. The molecule has 47 heavy (non-hydrogen) atoms. The van der Waals surface area contributed by atoms with Crippen LogP contribution in [0.25, 0.3) is 0 Å². The fraction of sp³-hybridized carbons (Fsp3) is 0.474. The minimum absolute atomic E-state index is 0.105. The standard InChI is InChI=1S/C38H52N2O6S/c1-5-7-9-11-13-15-27-45-35-26-23-33(29-36(35)46-28-16-14-12-10-8-6-2)37(31-19-21-32(22-20-31)38(41)44-4)39-40-47(42,43)34-24-17-30(3)18-25-34/h17-26,29,40H,5-16,27-28H2,1-4H3/b39-37-. The van der Waals surface area contributed by atoms with Gasteiger partial charge in [0.15, 0.2) is 11.5 Å². The summed E-state index contributed by atoms with van der Waals surface area (Å²) >= 11 is 0. The number of unbranched alkanes of at least 4 members (excludes halogenated alkanes) is 10. The molecule has 0 aromatic heterocycles. The Hall–Kier alpha value is -3.85. The average molecular weight is 665 g/mol. The van der Waals surface area contributed by atoms with Gasteiger partial charge in [-0.3, -0.25) is 0 Å². The second-order valence-electron chi connectivity index (χ2n) is 11.8. The number of carbonyl (C=O) groups excluding carboxylic acids is 1. The first-order valence-electron chi connectivity index (χ1n) is 17.0. The minimum Gasteiger partial charge on any atom is -0.490 e. The second kappa shape index (κ2) is 20.4. The van der Waals surface area contributed by atoms with Crippen LogP contribution in [-0.4, -0.2) is 40.4 Å². The number of methoxy groups -OCH3 is 1. The monoisotopic (exact) mass is 664 g/mol. The first kappa shape index (κ1) is 37.6. The van der Waals surface area contributed by atoms with E-state index in [9.17, 15) is 13.2 Å². The summed E-state index contributed by atoms with van der Waals surface area (Å²) in [5.41, 5.74) is 2.92. The molecule has 1 N–H and O–H groups in total. The quantitative estimate of drug-likeness (QED) is 0.0498. The number of hydrogen-bond donors (Lipinski definition) is 1. The SMILES string of the molecule is CCCCCCCCOc1ccc(/C(=N\NS(=O)(=O)c2ccc(C)cc2)c2ccc(C(=O)OC)cc2)cc1OCCCCCCCC. The van der Waals surface area contributed by atoms with Crippen molar-refractivity contribution in [2.75, 3.05) is 20.3 Å². The third-order valence-corrected chi connectivity index (χ3v) is 9.14. The molecule has 256 valence electrons. The lowest BCUT2D eigenvalue weighted by Crippen LogP contribution is -2.21. The van der Waals surface area contributed by atoms with Crippen LogP contribution < -0.4 is 14.3 Å². The summed E-state index contributed by atoms with van der Waals surface area (Å²) in [5.74, 6) is 0.767. The van der Waals surface area contributed by atoms with E-state index in [4.69, 9.17) is 14.2 Å². The molecule has 0 saturated heterocycles. The van der Waals surface area contributed by atoms with Crippen molar-refractivity contribution in [3.63, 3.8) is 0 Å². The predicted molar refractivity (Wildman–Crippen MR) is 189 cm³/mol. The van der Waals surface area contributed by atoms with Gasteiger partial charge in [0, 0.05) is 11.1 Å². The van der Waals surface area contributed by atoms with Crippen LogP contribution in [0, 0.1) is 6.92 Å². The number of benzene rings is 3. The summed E-state index contributed by atoms with van der Waals surface area (Å²) in [4.78, 5) is 14.6. The zero-order valence-electron chi connectivity index (χ0n) is 28.6. The van der Waals surface area contributed by atoms with Crippen LogP contribution in [0.3, 0.4) is 0 Å². The molecule has 0 spiro atoms. The summed E-state index contributed by atoms with van der Waals surface area (Å²) in [5, 5.41) is 4.42. The van der Waals surface area contributed by atoms with Crippen molar-refractivity contribution in [2.45, 2.75) is 103 Å². The van der Waals surface area contributed by atoms with Crippen molar-refractivity contribution in [2.24, 2.45) is 5.10 Å². The highest BCUT2D eigenvalue weighted by atomic mass is 32.2. The molecule has 0 saturated carbocycles. The van der Waals surface area contributed by atoms with Crippen LogP contribution in [0.15, 0.2) is 76.7 Å². The van der Waals surface area contributed by atoms with Crippen molar-refractivity contribution < 1.29 is 27.4 Å². The molecule has 0 radical (unpaired) electrons. The van der Waals surface area contributed by atoms with Crippen LogP contribution in [0.4, 0.5) is 0 Å². The lowest BCUT2D eigenvalue weighted by molar-refractivity contribution is 0.0600. The largest absolute Gasteiger partial charge is 0.490 e. The highest BCUT2D eigenvalue weighted by Gasteiger charge is 2.17. The molecule has 8 nitrogen and oxygen atoms in total. The van der Waals surface area contributed by atoms with Gasteiger partial charge in [0.1, 0.15) is 0 Å². The Kier molecular flexibility index (Phi) is 16.3. The number of nitrogens with zero attached hydrogens (tertiary/aromatic N) is 1. The van der Waals surface area contributed by atoms with E-state index in [-0.39, 0.29) is 4.90 Å². The normalized spacial score (nSPS) is 11.7. The number of hydrazone groups is 1. The zero-order chi connectivity index (χ0) is 33.9. The number of nitrogens with one attached hydrogen (secondary N) is 1. The molecule has 0 aliphatic rings. The third-order valence-electron chi connectivity index (χ3n) is 7.92. The van der Waals surface area contributed by atoms with Crippen LogP contribution in [0.1, 0.15) is 118 Å². The minimum atomic E-state index is -3.95. The summed E-state index contributed by atoms with van der Waals surface area (Å²) in [7, 11) is -2.63. The van der Waals surface area contributed by atoms with Gasteiger partial charge in [-0.2, -0.15) is 18.4 Å². The van der Waals surface area contributed by atoms with Crippen molar-refractivity contribution in [1.29, 1.82) is 0 Å². The number of sulfonamides is 1. The molecule has 3 rings (SSSR count). The van der Waals surface area contributed by atoms with Gasteiger partial charge in [-0.25, -0.2) is 4.79 Å². The molecule has 3 aromatic carbocycles. The summed E-state index contributed by atoms with van der Waals surface area (Å²) < 4.78 is 43.7.